The molecule has 2 amide bonds. The van der Waals surface area contributed by atoms with E-state index in [9.17, 15) is 34.6 Å². The van der Waals surface area contributed by atoms with Crippen LogP contribution in [0.25, 0.3) is 21.8 Å². The van der Waals surface area contributed by atoms with Gasteiger partial charge in [0.1, 0.15) is 16.6 Å². The van der Waals surface area contributed by atoms with Crippen LogP contribution in [0.3, 0.4) is 0 Å². The molecule has 16 nitrogen and oxygen atoms in total. The Bertz CT molecular complexity index is 1840. The number of amides is 2. The van der Waals surface area contributed by atoms with E-state index < -0.39 is 33.2 Å². The molecule has 0 atom stereocenters. The van der Waals surface area contributed by atoms with Crippen molar-refractivity contribution >= 4 is 73.3 Å². The molecule has 0 saturated carbocycles. The molecule has 3 fully saturated rings. The van der Waals surface area contributed by atoms with E-state index in [4.69, 9.17) is 9.47 Å². The number of carbonyl (C=O) groups is 3. The minimum atomic E-state index is -0.748. The lowest BCUT2D eigenvalue weighted by Crippen LogP contribution is -2.53. The summed E-state index contributed by atoms with van der Waals surface area (Å²) < 4.78 is 10.3. The number of aromatic nitrogens is 2. The number of piperazine rings is 1. The van der Waals surface area contributed by atoms with Crippen molar-refractivity contribution in [1.29, 1.82) is 0 Å². The molecule has 2 aromatic heterocycles. The molecule has 18 heteroatoms. The van der Waals surface area contributed by atoms with Crippen LogP contribution in [-0.2, 0) is 36.6 Å². The van der Waals surface area contributed by atoms with Gasteiger partial charge in [-0.15, -0.1) is 0 Å². The number of fused-ring (bicyclic) bond motifs is 2. The highest BCUT2D eigenvalue weighted by Gasteiger charge is 2.32. The van der Waals surface area contributed by atoms with Crippen LogP contribution in [0.1, 0.15) is 63.2 Å². The van der Waals surface area contributed by atoms with E-state index in [-0.39, 0.29) is 48.6 Å². The summed E-state index contributed by atoms with van der Waals surface area (Å²) in [4.78, 5) is 66.6. The second kappa shape index (κ2) is 21.7. The molecule has 292 valence electrons. The number of rotatable bonds is 4. The van der Waals surface area contributed by atoms with E-state index in [1.54, 1.807) is 39.1 Å². The molecule has 0 spiro atoms. The second-order valence-electron chi connectivity index (χ2n) is 13.4. The van der Waals surface area contributed by atoms with Gasteiger partial charge in [0.05, 0.1) is 15.4 Å². The molecule has 3 aliphatic heterocycles. The summed E-state index contributed by atoms with van der Waals surface area (Å²) >= 11 is 7.33. The number of non-ortho nitro benzene ring substituents is 2. The highest BCUT2D eigenvalue weighted by molar-refractivity contribution is 8.07. The van der Waals surface area contributed by atoms with Crippen molar-refractivity contribution in [3.05, 3.63) is 80.7 Å². The molecule has 2 aromatic carbocycles. The number of piperidine rings is 1. The monoisotopic (exact) mass is 785 g/mol. The number of hydrogen-bond acceptors (Lipinski definition) is 12. The Morgan fingerprint density at radius 3 is 1.85 bits per heavy atom. The third-order valence-electron chi connectivity index (χ3n) is 8.34. The average Bonchev–Trinajstić information content (AvgIpc) is 3.99. The Labute approximate surface area is 322 Å². The number of nitro groups is 2. The minimum absolute atomic E-state index is 0.0864. The van der Waals surface area contributed by atoms with E-state index in [0.29, 0.717) is 10.9 Å². The molecule has 0 unspecified atom stereocenters. The van der Waals surface area contributed by atoms with E-state index in [0.717, 1.165) is 18.6 Å². The fourth-order valence-corrected chi connectivity index (χ4v) is 5.69. The first-order valence-corrected chi connectivity index (χ1v) is 18.9. The molecule has 5 heterocycles. The van der Waals surface area contributed by atoms with Crippen LogP contribution < -0.4 is 5.32 Å². The number of nitrogens with zero attached hydrogens (tertiary/aromatic N) is 4. The normalized spacial score (nSPS) is 15.2. The summed E-state index contributed by atoms with van der Waals surface area (Å²) in [5, 5.41) is 26.1. The Balaban J connectivity index is 0.000000251. The summed E-state index contributed by atoms with van der Waals surface area (Å²) in [5.41, 5.74) is 0.212. The number of benzene rings is 2. The maximum atomic E-state index is 12.7. The highest BCUT2D eigenvalue weighted by atomic mass is 32.8. The lowest BCUT2D eigenvalue weighted by molar-refractivity contribution is -0.383. The van der Waals surface area contributed by atoms with Crippen LogP contribution >= 0.6 is 0 Å². The number of H-pyrrole nitrogens is 2. The van der Waals surface area contributed by atoms with Crippen molar-refractivity contribution in [2.24, 2.45) is 0 Å². The van der Waals surface area contributed by atoms with Crippen molar-refractivity contribution in [3.63, 3.8) is 0 Å². The number of para-hydroxylation sites is 2. The van der Waals surface area contributed by atoms with Crippen LogP contribution in [0.4, 0.5) is 16.2 Å². The van der Waals surface area contributed by atoms with E-state index in [1.807, 2.05) is 12.1 Å². The molecule has 4 aromatic rings. The lowest BCUT2D eigenvalue weighted by Gasteiger charge is -2.35. The van der Waals surface area contributed by atoms with Gasteiger partial charge in [-0.2, -0.15) is 0 Å². The zero-order chi connectivity index (χ0) is 39.7. The van der Waals surface area contributed by atoms with E-state index >= 15 is 0 Å². The highest BCUT2D eigenvalue weighted by Crippen LogP contribution is 2.28. The first-order valence-electron chi connectivity index (χ1n) is 17.6. The molecule has 3 N–H and O–H groups in total. The van der Waals surface area contributed by atoms with Gasteiger partial charge in [-0.05, 0) is 65.6 Å². The SMILES string of the molecule is C1CCNCC1.C1CCOC1.CC(C)(C)OC(=O)N1CCN(C(=O)C(=O)c2c[nH]c3c([N+](=O)[O-])cccc23)CC1.O=[N+]([O-])c1cccc2cc[nH]c12.S=S. The van der Waals surface area contributed by atoms with Gasteiger partial charge in [0.15, 0.2) is 0 Å². The topological polar surface area (TPSA) is 206 Å². The van der Waals surface area contributed by atoms with Crippen LogP contribution in [0.15, 0.2) is 54.9 Å². The number of Topliss-reactive ketones (excluding diaryl/α,β-unsaturated/α-hetero) is 1. The maximum Gasteiger partial charge on any atom is 0.410 e. The van der Waals surface area contributed by atoms with Gasteiger partial charge in [0.25, 0.3) is 23.1 Å². The molecule has 0 bridgehead atoms. The quantitative estimate of drug-likeness (QED) is 0.0948. The molecule has 3 saturated heterocycles. The Kier molecular flexibility index (Phi) is 17.5. The molecular weight excluding hydrogens is 739 g/mol. The van der Waals surface area contributed by atoms with E-state index in [2.05, 4.69) is 37.7 Å². The molecular formula is C36H47N7O9S2. The summed E-state index contributed by atoms with van der Waals surface area (Å²) in [6.45, 7) is 10.7. The summed E-state index contributed by atoms with van der Waals surface area (Å²) in [6, 6.07) is 11.1. The Hall–Kier alpha value is -4.91. The standard InChI is InChI=1S/C19H22N4O6.C8H6N2O2.C5H11N.C4H8O.S2/c1-19(2,3)29-18(26)22-9-7-21(8-10-22)17(25)16(24)13-11-20-15-12(13)5-4-6-14(15)23(27)28;11-10(12)7-3-1-2-6-4-5-9-8(6)7;1-2-4-6-5-3-1;1-2-4-5-3-1;1-2/h4-6,11,20H,7-10H2,1-3H3;1-5,9H;6H,1-5H2;1-4H2;. The fourth-order valence-electron chi connectivity index (χ4n) is 5.69. The zero-order valence-electron chi connectivity index (χ0n) is 30.7. The van der Waals surface area contributed by atoms with Gasteiger partial charge in [-0.1, -0.05) is 30.7 Å². The van der Waals surface area contributed by atoms with Gasteiger partial charge in [0.2, 0.25) is 0 Å². The molecule has 0 aliphatic carbocycles. The first-order chi connectivity index (χ1) is 25.9. The number of aromatic amines is 2. The van der Waals surface area contributed by atoms with Crippen LogP contribution in [0, 0.1) is 20.2 Å². The third-order valence-corrected chi connectivity index (χ3v) is 8.34. The number of nitrogens with one attached hydrogen (secondary N) is 3. The summed E-state index contributed by atoms with van der Waals surface area (Å²) in [6.07, 6.45) is 9.32. The van der Waals surface area contributed by atoms with Gasteiger partial charge >= 0.3 is 6.09 Å². The van der Waals surface area contributed by atoms with Gasteiger partial charge in [-0.3, -0.25) is 29.8 Å². The van der Waals surface area contributed by atoms with Crippen molar-refractivity contribution in [1.82, 2.24) is 25.1 Å². The molecule has 3 aliphatic rings. The maximum absolute atomic E-state index is 12.7. The Morgan fingerprint density at radius 1 is 0.778 bits per heavy atom. The van der Waals surface area contributed by atoms with Gasteiger partial charge in [-0.25, -0.2) is 4.79 Å². The molecule has 7 rings (SSSR count). The van der Waals surface area contributed by atoms with Crippen molar-refractivity contribution in [3.8, 4) is 0 Å². The predicted molar refractivity (Wildman–Crippen MR) is 210 cm³/mol. The smallest absolute Gasteiger partial charge is 0.410 e. The predicted octanol–water partition coefficient (Wildman–Crippen LogP) is 5.97. The number of nitro benzene ring substituents is 2. The minimum Gasteiger partial charge on any atom is -0.444 e. The van der Waals surface area contributed by atoms with Crippen molar-refractivity contribution in [2.75, 3.05) is 52.5 Å². The first kappa shape index (κ1) is 43.5. The number of hydrogen-bond donors (Lipinski definition) is 3. The van der Waals surface area contributed by atoms with Gasteiger partial charge in [0, 0.05) is 97.1 Å². The van der Waals surface area contributed by atoms with Crippen LogP contribution in [0.5, 0.6) is 0 Å². The number of ketones is 1. The summed E-state index contributed by atoms with van der Waals surface area (Å²) in [7, 11) is 0. The second-order valence-corrected chi connectivity index (χ2v) is 13.4. The lowest BCUT2D eigenvalue weighted by atomic mass is 10.1. The van der Waals surface area contributed by atoms with Crippen LogP contribution in [-0.4, -0.2) is 105 Å². The molecule has 54 heavy (non-hydrogen) atoms. The zero-order valence-corrected chi connectivity index (χ0v) is 32.3. The van der Waals surface area contributed by atoms with Crippen molar-refractivity contribution in [2.45, 2.75) is 58.5 Å². The van der Waals surface area contributed by atoms with Gasteiger partial charge < -0.3 is 34.6 Å². The summed E-state index contributed by atoms with van der Waals surface area (Å²) in [5.74, 6) is -1.45. The fraction of sp³-hybridized carbons (Fsp3) is 0.472. The number of ether oxygens (including phenoxy) is 2. The van der Waals surface area contributed by atoms with Crippen molar-refractivity contribution < 1.29 is 33.7 Å². The Morgan fingerprint density at radius 2 is 1.35 bits per heavy atom. The number of carbonyl (C=O) groups excluding carboxylic acids is 3. The molecule has 0 radical (unpaired) electrons. The van der Waals surface area contributed by atoms with Crippen LogP contribution in [0.2, 0.25) is 0 Å². The van der Waals surface area contributed by atoms with E-state index in [1.165, 1.54) is 79.4 Å². The third kappa shape index (κ3) is 12.9. The largest absolute Gasteiger partial charge is 0.444 e. The average molecular weight is 786 g/mol.